The first kappa shape index (κ1) is 22.8. The van der Waals surface area contributed by atoms with Crippen LogP contribution < -0.4 is 10.2 Å². The summed E-state index contributed by atoms with van der Waals surface area (Å²) in [5.74, 6) is -3.65. The zero-order chi connectivity index (χ0) is 25.0. The van der Waals surface area contributed by atoms with Crippen molar-refractivity contribution in [2.75, 3.05) is 16.8 Å². The highest BCUT2D eigenvalue weighted by Crippen LogP contribution is 2.61. The molecule has 2 aromatic rings. The number of benzene rings is 2. The highest BCUT2D eigenvalue weighted by Gasteiger charge is 2.74. The summed E-state index contributed by atoms with van der Waals surface area (Å²) in [5, 5.41) is 2.79. The van der Waals surface area contributed by atoms with E-state index in [4.69, 9.17) is 23.2 Å². The van der Waals surface area contributed by atoms with Gasteiger partial charge in [0.25, 0.3) is 0 Å². The number of rotatable bonds is 1. The Bertz CT molecular complexity index is 1350. The molecule has 0 saturated carbocycles. The van der Waals surface area contributed by atoms with Crippen molar-refractivity contribution in [3.05, 3.63) is 57.1 Å². The number of carbonyl (C=O) groups excluding carboxylic acids is 3. The van der Waals surface area contributed by atoms with E-state index in [0.717, 1.165) is 17.4 Å². The van der Waals surface area contributed by atoms with E-state index in [1.54, 1.807) is 19.1 Å². The van der Waals surface area contributed by atoms with E-state index in [9.17, 15) is 27.6 Å². The fourth-order valence-corrected chi connectivity index (χ4v) is 6.90. The number of nitrogens with zero attached hydrogens (tertiary/aromatic N) is 2. The maximum atomic E-state index is 13.9. The molecular formula is C24H18Cl2F3N3O3. The Balaban J connectivity index is 1.53. The van der Waals surface area contributed by atoms with Gasteiger partial charge in [0.1, 0.15) is 5.54 Å². The zero-order valence-electron chi connectivity index (χ0n) is 18.2. The number of alkyl halides is 3. The molecule has 0 bridgehead atoms. The molecule has 4 aliphatic heterocycles. The summed E-state index contributed by atoms with van der Waals surface area (Å²) >= 11 is 12.0. The first-order chi connectivity index (χ1) is 16.5. The maximum Gasteiger partial charge on any atom is 0.417 e. The zero-order valence-corrected chi connectivity index (χ0v) is 19.8. The van der Waals surface area contributed by atoms with Crippen molar-refractivity contribution in [3.8, 4) is 0 Å². The average molecular weight is 524 g/mol. The van der Waals surface area contributed by atoms with Gasteiger partial charge in [-0.05, 0) is 56.1 Å². The summed E-state index contributed by atoms with van der Waals surface area (Å²) in [6, 6.07) is 5.93. The molecule has 3 saturated heterocycles. The molecule has 1 N–H and O–H groups in total. The van der Waals surface area contributed by atoms with E-state index >= 15 is 0 Å². The second-order valence-corrected chi connectivity index (χ2v) is 10.2. The summed E-state index contributed by atoms with van der Waals surface area (Å²) < 4.78 is 40.5. The normalized spacial score (nSPS) is 29.7. The van der Waals surface area contributed by atoms with Crippen molar-refractivity contribution >= 4 is 52.3 Å². The Morgan fingerprint density at radius 3 is 2.49 bits per heavy atom. The van der Waals surface area contributed by atoms with Crippen LogP contribution in [0, 0.1) is 18.8 Å². The van der Waals surface area contributed by atoms with Crippen LogP contribution in [0.15, 0.2) is 30.3 Å². The molecule has 182 valence electrons. The van der Waals surface area contributed by atoms with Crippen LogP contribution in [0.2, 0.25) is 10.0 Å². The molecule has 4 heterocycles. The van der Waals surface area contributed by atoms with E-state index in [1.165, 1.54) is 6.07 Å². The van der Waals surface area contributed by atoms with Gasteiger partial charge in [0.2, 0.25) is 17.7 Å². The number of anilines is 2. The van der Waals surface area contributed by atoms with Gasteiger partial charge < -0.3 is 5.32 Å². The Morgan fingerprint density at radius 1 is 1.06 bits per heavy atom. The van der Waals surface area contributed by atoms with Crippen LogP contribution in [0.3, 0.4) is 0 Å². The summed E-state index contributed by atoms with van der Waals surface area (Å²) in [4.78, 5) is 44.0. The van der Waals surface area contributed by atoms with E-state index in [1.807, 2.05) is 4.90 Å². The molecule has 6 rings (SSSR count). The van der Waals surface area contributed by atoms with Gasteiger partial charge in [0, 0.05) is 16.6 Å². The van der Waals surface area contributed by atoms with Gasteiger partial charge >= 0.3 is 6.18 Å². The second kappa shape index (κ2) is 7.21. The lowest BCUT2D eigenvalue weighted by Crippen LogP contribution is -2.54. The van der Waals surface area contributed by atoms with Gasteiger partial charge in [0.15, 0.2) is 0 Å². The maximum absolute atomic E-state index is 13.9. The Hall–Kier alpha value is -2.62. The fourth-order valence-electron chi connectivity index (χ4n) is 6.51. The van der Waals surface area contributed by atoms with Crippen LogP contribution in [0.25, 0.3) is 0 Å². The molecule has 11 heteroatoms. The molecule has 3 amide bonds. The molecule has 2 aromatic carbocycles. The smallest absolute Gasteiger partial charge is 0.324 e. The van der Waals surface area contributed by atoms with Gasteiger partial charge in [-0.1, -0.05) is 29.3 Å². The van der Waals surface area contributed by atoms with Crippen molar-refractivity contribution in [1.82, 2.24) is 4.90 Å². The summed E-state index contributed by atoms with van der Waals surface area (Å²) in [6.07, 6.45) is -3.44. The number of amides is 3. The molecule has 0 radical (unpaired) electrons. The lowest BCUT2D eigenvalue weighted by molar-refractivity contribution is -0.137. The molecule has 0 aromatic heterocycles. The molecular weight excluding hydrogens is 506 g/mol. The SMILES string of the molecule is Cc1c(Cl)ccc2c1NC(=O)[C@@]21[C@@H]2C(=O)N(c3ccc(Cl)c(C(F)(F)F)c3)C(=O)[C@@H]2[C@@H]2CCCN21. The topological polar surface area (TPSA) is 69.7 Å². The minimum Gasteiger partial charge on any atom is -0.324 e. The third kappa shape index (κ3) is 2.74. The molecule has 6 nitrogen and oxygen atoms in total. The molecule has 0 unspecified atom stereocenters. The van der Waals surface area contributed by atoms with Crippen LogP contribution in [0.5, 0.6) is 0 Å². The van der Waals surface area contributed by atoms with Crippen LogP contribution in [-0.2, 0) is 26.1 Å². The van der Waals surface area contributed by atoms with Crippen molar-refractivity contribution < 1.29 is 27.6 Å². The Labute approximate surface area is 208 Å². The number of carbonyl (C=O) groups is 3. The first-order valence-electron chi connectivity index (χ1n) is 11.1. The van der Waals surface area contributed by atoms with E-state index in [2.05, 4.69) is 5.32 Å². The van der Waals surface area contributed by atoms with E-state index < -0.39 is 51.9 Å². The average Bonchev–Trinajstić information content (AvgIpc) is 3.49. The number of imide groups is 1. The van der Waals surface area contributed by atoms with Gasteiger partial charge in [-0.2, -0.15) is 13.2 Å². The predicted molar refractivity (Wildman–Crippen MR) is 122 cm³/mol. The number of fused-ring (bicyclic) bond motifs is 7. The van der Waals surface area contributed by atoms with E-state index in [0.29, 0.717) is 40.9 Å². The van der Waals surface area contributed by atoms with Crippen LogP contribution in [0.4, 0.5) is 24.5 Å². The van der Waals surface area contributed by atoms with Gasteiger partial charge in [0.05, 0.1) is 33.8 Å². The molecule has 3 fully saturated rings. The highest BCUT2D eigenvalue weighted by molar-refractivity contribution is 6.33. The number of halogens is 5. The van der Waals surface area contributed by atoms with Crippen molar-refractivity contribution in [3.63, 3.8) is 0 Å². The molecule has 0 aliphatic carbocycles. The highest BCUT2D eigenvalue weighted by atomic mass is 35.5. The van der Waals surface area contributed by atoms with Crippen molar-refractivity contribution in [1.29, 1.82) is 0 Å². The third-order valence-electron chi connectivity index (χ3n) is 7.88. The summed E-state index contributed by atoms with van der Waals surface area (Å²) in [5.41, 5.74) is -1.05. The van der Waals surface area contributed by atoms with Crippen molar-refractivity contribution in [2.45, 2.75) is 37.5 Å². The molecule has 1 spiro atoms. The minimum atomic E-state index is -4.76. The quantitative estimate of drug-likeness (QED) is 0.547. The van der Waals surface area contributed by atoms with Gasteiger partial charge in [-0.25, -0.2) is 4.90 Å². The Morgan fingerprint density at radius 2 is 1.77 bits per heavy atom. The number of hydrogen-bond acceptors (Lipinski definition) is 4. The van der Waals surface area contributed by atoms with Crippen LogP contribution in [0.1, 0.15) is 29.5 Å². The predicted octanol–water partition coefficient (Wildman–Crippen LogP) is 4.75. The Kier molecular flexibility index (Phi) is 4.70. The third-order valence-corrected chi connectivity index (χ3v) is 8.61. The summed E-state index contributed by atoms with van der Waals surface area (Å²) in [7, 11) is 0. The minimum absolute atomic E-state index is 0.211. The first-order valence-corrected chi connectivity index (χ1v) is 11.9. The number of nitrogens with one attached hydrogen (secondary N) is 1. The summed E-state index contributed by atoms with van der Waals surface area (Å²) in [6.45, 7) is 2.28. The lowest BCUT2D eigenvalue weighted by Gasteiger charge is -2.36. The van der Waals surface area contributed by atoms with Gasteiger partial charge in [-0.3, -0.25) is 19.3 Å². The van der Waals surface area contributed by atoms with Gasteiger partial charge in [-0.15, -0.1) is 0 Å². The molecule has 4 aliphatic rings. The van der Waals surface area contributed by atoms with Crippen LogP contribution in [-0.4, -0.2) is 35.2 Å². The monoisotopic (exact) mass is 523 g/mol. The fraction of sp³-hybridized carbons (Fsp3) is 0.375. The van der Waals surface area contributed by atoms with E-state index in [-0.39, 0.29) is 11.7 Å². The largest absolute Gasteiger partial charge is 0.417 e. The molecule has 35 heavy (non-hydrogen) atoms. The van der Waals surface area contributed by atoms with Crippen molar-refractivity contribution in [2.24, 2.45) is 11.8 Å². The van der Waals surface area contributed by atoms with Crippen LogP contribution >= 0.6 is 23.2 Å². The second-order valence-electron chi connectivity index (χ2n) is 9.40. The molecule has 4 atom stereocenters. The lowest BCUT2D eigenvalue weighted by atomic mass is 9.75. The standard InChI is InChI=1S/C24H18Cl2F3N3O3/c1-10-14(25)7-5-12-19(10)30-22(35)23(12)18-17(16-3-2-8-31(16)23)20(33)32(21(18)34)11-4-6-15(26)13(9-11)24(27,28)29/h4-7,9,16-18H,2-3,8H2,1H3,(H,30,35)/t16-,17+,18-,23-/m0/s1. The number of hydrogen-bond donors (Lipinski definition) is 1.